The van der Waals surface area contributed by atoms with Gasteiger partial charge in [0, 0.05) is 12.6 Å². The molecule has 0 bridgehead atoms. The molecular formula is C12H11F2N3O4S. The fraction of sp³-hybridized carbons (Fsp3) is 0.333. The van der Waals surface area contributed by atoms with E-state index < -0.39 is 21.9 Å². The van der Waals surface area contributed by atoms with Crippen LogP contribution in [0.4, 0.5) is 8.78 Å². The van der Waals surface area contributed by atoms with E-state index in [0.717, 1.165) is 0 Å². The maximum Gasteiger partial charge on any atom is 0.586 e. The maximum absolute atomic E-state index is 13.1. The lowest BCUT2D eigenvalue weighted by atomic mass is 10.2. The van der Waals surface area contributed by atoms with E-state index in [1.54, 1.807) is 7.05 Å². The first-order valence-electron chi connectivity index (χ1n) is 6.17. The van der Waals surface area contributed by atoms with Gasteiger partial charge in [0.15, 0.2) is 21.3 Å². The van der Waals surface area contributed by atoms with Crippen molar-refractivity contribution in [1.29, 1.82) is 0 Å². The number of nitrogens with zero attached hydrogens (tertiary/aromatic N) is 3. The highest BCUT2D eigenvalue weighted by Gasteiger charge is 2.44. The lowest BCUT2D eigenvalue weighted by molar-refractivity contribution is -0.286. The van der Waals surface area contributed by atoms with Crippen LogP contribution in [0.15, 0.2) is 24.4 Å². The van der Waals surface area contributed by atoms with E-state index in [4.69, 9.17) is 0 Å². The number of sulfone groups is 1. The molecule has 2 heterocycles. The third-order valence-corrected chi connectivity index (χ3v) is 4.55. The molecule has 2 aromatic rings. The normalized spacial score (nSPS) is 16.0. The minimum absolute atomic E-state index is 0.116. The second kappa shape index (κ2) is 4.90. The van der Waals surface area contributed by atoms with Crippen LogP contribution in [0.3, 0.4) is 0 Å². The Morgan fingerprint density at radius 2 is 2.05 bits per heavy atom. The van der Waals surface area contributed by atoms with Gasteiger partial charge in [0.2, 0.25) is 0 Å². The number of hydrogen-bond donors (Lipinski definition) is 0. The van der Waals surface area contributed by atoms with Crippen molar-refractivity contribution < 1.29 is 26.7 Å². The first-order valence-corrected chi connectivity index (χ1v) is 8.00. The lowest BCUT2D eigenvalue weighted by Gasteiger charge is -2.08. The molecule has 0 radical (unpaired) electrons. The number of halogens is 2. The monoisotopic (exact) mass is 331 g/mol. The number of alkyl halides is 2. The van der Waals surface area contributed by atoms with Crippen molar-refractivity contribution in [2.24, 2.45) is 7.05 Å². The molecule has 118 valence electrons. The van der Waals surface area contributed by atoms with Crippen LogP contribution in [-0.2, 0) is 28.4 Å². The molecule has 0 saturated carbocycles. The highest BCUT2D eigenvalue weighted by Crippen LogP contribution is 2.43. The average Bonchev–Trinajstić information content (AvgIpc) is 2.91. The number of aryl methyl sites for hydroxylation is 1. The standard InChI is InChI=1S/C12H11F2N3O4S/c1-17-9(5-15-16-17)7-22(18,19)6-8-3-2-4-10-11(8)21-12(13,14)20-10/h2-5H,6-7H2,1H3. The summed E-state index contributed by atoms with van der Waals surface area (Å²) in [6, 6.07) is 4.13. The smallest absolute Gasteiger partial charge is 0.395 e. The zero-order chi connectivity index (χ0) is 16.0. The third kappa shape index (κ3) is 2.86. The lowest BCUT2D eigenvalue weighted by Crippen LogP contribution is -2.26. The minimum atomic E-state index is -3.78. The van der Waals surface area contributed by atoms with Crippen molar-refractivity contribution in [3.63, 3.8) is 0 Å². The maximum atomic E-state index is 13.1. The summed E-state index contributed by atoms with van der Waals surface area (Å²) >= 11 is 0. The molecule has 1 aromatic heterocycles. The van der Waals surface area contributed by atoms with Crippen LogP contribution in [0.2, 0.25) is 0 Å². The molecule has 10 heteroatoms. The summed E-state index contributed by atoms with van der Waals surface area (Å²) < 4.78 is 60.7. The number of hydrogen-bond acceptors (Lipinski definition) is 6. The van der Waals surface area contributed by atoms with Gasteiger partial charge in [0.1, 0.15) is 0 Å². The van der Waals surface area contributed by atoms with E-state index in [2.05, 4.69) is 19.8 Å². The zero-order valence-corrected chi connectivity index (χ0v) is 12.2. The number of ether oxygens (including phenoxy) is 2. The Bertz CT molecular complexity index is 820. The van der Waals surface area contributed by atoms with Crippen molar-refractivity contribution in [1.82, 2.24) is 15.0 Å². The van der Waals surface area contributed by atoms with Gasteiger partial charge in [-0.1, -0.05) is 17.3 Å². The number of rotatable bonds is 4. The average molecular weight is 331 g/mol. The molecule has 0 saturated heterocycles. The zero-order valence-electron chi connectivity index (χ0n) is 11.4. The molecule has 22 heavy (non-hydrogen) atoms. The molecule has 0 N–H and O–H groups in total. The molecular weight excluding hydrogens is 320 g/mol. The fourth-order valence-corrected chi connectivity index (χ4v) is 3.61. The summed E-state index contributed by atoms with van der Waals surface area (Å²) in [5.74, 6) is -1.20. The summed E-state index contributed by atoms with van der Waals surface area (Å²) in [5, 5.41) is 7.24. The Balaban J connectivity index is 1.86. The van der Waals surface area contributed by atoms with Crippen molar-refractivity contribution in [3.8, 4) is 11.5 Å². The summed E-state index contributed by atoms with van der Waals surface area (Å²) in [6.07, 6.45) is -2.45. The van der Waals surface area contributed by atoms with E-state index in [1.165, 1.54) is 29.1 Å². The second-order valence-electron chi connectivity index (χ2n) is 4.79. The Morgan fingerprint density at radius 3 is 2.73 bits per heavy atom. The minimum Gasteiger partial charge on any atom is -0.395 e. The molecule has 0 atom stereocenters. The van der Waals surface area contributed by atoms with E-state index in [1.807, 2.05) is 0 Å². The van der Waals surface area contributed by atoms with Gasteiger partial charge in [-0.3, -0.25) is 4.68 Å². The predicted octanol–water partition coefficient (Wildman–Crippen LogP) is 1.25. The molecule has 0 aliphatic carbocycles. The summed E-state index contributed by atoms with van der Waals surface area (Å²) in [7, 11) is -2.06. The van der Waals surface area contributed by atoms with Gasteiger partial charge in [-0.05, 0) is 6.07 Å². The summed E-state index contributed by atoms with van der Waals surface area (Å²) in [5.41, 5.74) is 0.514. The molecule has 0 spiro atoms. The molecule has 1 aromatic carbocycles. The first kappa shape index (κ1) is 14.7. The van der Waals surface area contributed by atoms with E-state index in [0.29, 0.717) is 5.69 Å². The van der Waals surface area contributed by atoms with E-state index >= 15 is 0 Å². The molecule has 1 aliphatic heterocycles. The van der Waals surface area contributed by atoms with Gasteiger partial charge in [-0.15, -0.1) is 13.9 Å². The summed E-state index contributed by atoms with van der Waals surface area (Å²) in [6.45, 7) is 0. The van der Waals surface area contributed by atoms with Crippen molar-refractivity contribution in [2.75, 3.05) is 0 Å². The van der Waals surface area contributed by atoms with Gasteiger partial charge < -0.3 is 9.47 Å². The molecule has 0 unspecified atom stereocenters. The van der Waals surface area contributed by atoms with Crippen LogP contribution in [0.25, 0.3) is 0 Å². The van der Waals surface area contributed by atoms with Crippen LogP contribution in [0.1, 0.15) is 11.3 Å². The van der Waals surface area contributed by atoms with Gasteiger partial charge in [0.05, 0.1) is 23.4 Å². The Morgan fingerprint density at radius 1 is 1.27 bits per heavy atom. The van der Waals surface area contributed by atoms with Gasteiger partial charge >= 0.3 is 6.29 Å². The molecule has 0 amide bonds. The summed E-state index contributed by atoms with van der Waals surface area (Å²) in [4.78, 5) is 0. The van der Waals surface area contributed by atoms with Crippen molar-refractivity contribution in [3.05, 3.63) is 35.7 Å². The van der Waals surface area contributed by atoms with Crippen LogP contribution in [0.5, 0.6) is 11.5 Å². The Kier molecular flexibility index (Phi) is 3.28. The largest absolute Gasteiger partial charge is 0.586 e. The second-order valence-corrected chi connectivity index (χ2v) is 6.86. The van der Waals surface area contributed by atoms with Gasteiger partial charge in [-0.25, -0.2) is 8.42 Å². The predicted molar refractivity (Wildman–Crippen MR) is 70.0 cm³/mol. The van der Waals surface area contributed by atoms with Crippen LogP contribution in [-0.4, -0.2) is 29.7 Å². The number of aromatic nitrogens is 3. The number of para-hydroxylation sites is 1. The topological polar surface area (TPSA) is 83.3 Å². The van der Waals surface area contributed by atoms with Crippen LogP contribution in [0, 0.1) is 0 Å². The van der Waals surface area contributed by atoms with Crippen molar-refractivity contribution in [2.45, 2.75) is 17.8 Å². The molecule has 0 fully saturated rings. The quantitative estimate of drug-likeness (QED) is 0.838. The third-order valence-electron chi connectivity index (χ3n) is 3.06. The number of benzene rings is 1. The highest BCUT2D eigenvalue weighted by atomic mass is 32.2. The Hall–Kier alpha value is -2.23. The van der Waals surface area contributed by atoms with Crippen LogP contribution < -0.4 is 9.47 Å². The van der Waals surface area contributed by atoms with Crippen LogP contribution >= 0.6 is 0 Å². The SMILES string of the molecule is Cn1nncc1CS(=O)(=O)Cc1cccc2c1OC(F)(F)O2. The fourth-order valence-electron chi connectivity index (χ4n) is 2.09. The molecule has 3 rings (SSSR count). The van der Waals surface area contributed by atoms with Gasteiger partial charge in [-0.2, -0.15) is 0 Å². The van der Waals surface area contributed by atoms with Crippen molar-refractivity contribution >= 4 is 9.84 Å². The van der Waals surface area contributed by atoms with E-state index in [-0.39, 0.29) is 22.8 Å². The first-order chi connectivity index (χ1) is 10.3. The van der Waals surface area contributed by atoms with Gasteiger partial charge in [0.25, 0.3) is 0 Å². The molecule has 7 nitrogen and oxygen atoms in total. The highest BCUT2D eigenvalue weighted by molar-refractivity contribution is 7.89. The number of fused-ring (bicyclic) bond motifs is 1. The van der Waals surface area contributed by atoms with E-state index in [9.17, 15) is 17.2 Å². The molecule has 1 aliphatic rings. The Labute approximate surface area is 124 Å².